The van der Waals surface area contributed by atoms with Gasteiger partial charge in [-0.05, 0) is 42.0 Å². The van der Waals surface area contributed by atoms with Crippen LogP contribution >= 0.6 is 0 Å². The summed E-state index contributed by atoms with van der Waals surface area (Å²) in [4.78, 5) is 23.4. The maximum atomic E-state index is 12.9. The minimum Gasteiger partial charge on any atom is -0.489 e. The van der Waals surface area contributed by atoms with Crippen molar-refractivity contribution >= 4 is 21.7 Å². The highest BCUT2D eigenvalue weighted by molar-refractivity contribution is 7.91. The molecule has 0 spiro atoms. The van der Waals surface area contributed by atoms with E-state index in [0.29, 0.717) is 12.0 Å². The van der Waals surface area contributed by atoms with Crippen LogP contribution < -0.4 is 15.0 Å². The number of sulfone groups is 1. The molecule has 1 aliphatic rings. The van der Waals surface area contributed by atoms with Crippen molar-refractivity contribution in [2.75, 3.05) is 43.7 Å². The standard InChI is InChI=1S/C29H32F4N4O6S/c1-2-44(40,41)25-9-3-19(4-10-25)26(17-38)36-27(39)20-14-34-28(35-15-20)37-16-24(13-22(37)18-42-12-11-30)43-23-7-5-21(6-8-23)29(31,32)33/h3-10,14-15,22,24,26,38H,2,11-13,16-18H2,1H3,(H,36,39)/t22-,24+,26-/m0/s1. The lowest BCUT2D eigenvalue weighted by Gasteiger charge is -2.24. The summed E-state index contributed by atoms with van der Waals surface area (Å²) >= 11 is 0. The van der Waals surface area contributed by atoms with Gasteiger partial charge in [0.1, 0.15) is 18.5 Å². The van der Waals surface area contributed by atoms with Crippen molar-refractivity contribution in [3.8, 4) is 5.75 Å². The van der Waals surface area contributed by atoms with Gasteiger partial charge < -0.3 is 24.8 Å². The summed E-state index contributed by atoms with van der Waals surface area (Å²) in [6, 6.07) is 9.07. The van der Waals surface area contributed by atoms with Crippen LogP contribution in [0.3, 0.4) is 0 Å². The van der Waals surface area contributed by atoms with Gasteiger partial charge in [0.15, 0.2) is 9.84 Å². The molecule has 0 bridgehead atoms. The van der Waals surface area contributed by atoms with Crippen molar-refractivity contribution in [2.24, 2.45) is 0 Å². The van der Waals surface area contributed by atoms with Crippen LogP contribution in [0.1, 0.15) is 40.9 Å². The molecule has 44 heavy (non-hydrogen) atoms. The topological polar surface area (TPSA) is 131 Å². The van der Waals surface area contributed by atoms with Gasteiger partial charge in [-0.3, -0.25) is 4.79 Å². The lowest BCUT2D eigenvalue weighted by molar-refractivity contribution is -0.137. The molecular weight excluding hydrogens is 608 g/mol. The molecule has 2 heterocycles. The van der Waals surface area contributed by atoms with E-state index in [4.69, 9.17) is 9.47 Å². The van der Waals surface area contributed by atoms with Gasteiger partial charge in [-0.2, -0.15) is 13.2 Å². The Morgan fingerprint density at radius 3 is 2.34 bits per heavy atom. The van der Waals surface area contributed by atoms with Crippen LogP contribution in [0.5, 0.6) is 5.75 Å². The number of ether oxygens (including phenoxy) is 2. The summed E-state index contributed by atoms with van der Waals surface area (Å²) in [5.41, 5.74) is -0.196. The zero-order valence-corrected chi connectivity index (χ0v) is 24.5. The largest absolute Gasteiger partial charge is 0.489 e. The zero-order valence-electron chi connectivity index (χ0n) is 23.7. The predicted octanol–water partition coefficient (Wildman–Crippen LogP) is 3.76. The lowest BCUT2D eigenvalue weighted by atomic mass is 10.1. The molecule has 1 amide bonds. The first-order chi connectivity index (χ1) is 20.9. The molecule has 238 valence electrons. The molecule has 1 fully saturated rings. The van der Waals surface area contributed by atoms with Gasteiger partial charge in [-0.1, -0.05) is 19.1 Å². The van der Waals surface area contributed by atoms with E-state index in [2.05, 4.69) is 15.3 Å². The summed E-state index contributed by atoms with van der Waals surface area (Å²) in [6.07, 6.45) is -1.93. The molecule has 1 aromatic heterocycles. The molecule has 3 atom stereocenters. The summed E-state index contributed by atoms with van der Waals surface area (Å²) in [7, 11) is -3.40. The van der Waals surface area contributed by atoms with E-state index in [0.717, 1.165) is 12.1 Å². The van der Waals surface area contributed by atoms with Crippen molar-refractivity contribution in [1.29, 1.82) is 0 Å². The third-order valence-corrected chi connectivity index (χ3v) is 8.81. The second-order valence-electron chi connectivity index (χ2n) is 10.0. The number of nitrogens with zero attached hydrogens (tertiary/aromatic N) is 3. The maximum absolute atomic E-state index is 12.9. The Kier molecular flexibility index (Phi) is 10.8. The number of carbonyl (C=O) groups excluding carboxylic acids is 1. The van der Waals surface area contributed by atoms with Crippen LogP contribution in [0, 0.1) is 0 Å². The minimum atomic E-state index is -4.47. The van der Waals surface area contributed by atoms with Crippen LogP contribution in [0.15, 0.2) is 65.8 Å². The number of aromatic nitrogens is 2. The number of rotatable bonds is 13. The van der Waals surface area contributed by atoms with E-state index in [1.54, 1.807) is 4.90 Å². The van der Waals surface area contributed by atoms with Crippen LogP contribution in [-0.4, -0.2) is 80.3 Å². The van der Waals surface area contributed by atoms with Crippen LogP contribution in [0.4, 0.5) is 23.5 Å². The minimum absolute atomic E-state index is 0.0574. The third-order valence-electron chi connectivity index (χ3n) is 7.06. The summed E-state index contributed by atoms with van der Waals surface area (Å²) in [5, 5.41) is 12.5. The monoisotopic (exact) mass is 640 g/mol. The number of aliphatic hydroxyl groups is 1. The van der Waals surface area contributed by atoms with E-state index in [9.17, 15) is 35.9 Å². The van der Waals surface area contributed by atoms with Crippen molar-refractivity contribution in [1.82, 2.24) is 15.3 Å². The zero-order chi connectivity index (χ0) is 31.9. The molecule has 15 heteroatoms. The third kappa shape index (κ3) is 8.21. The summed E-state index contributed by atoms with van der Waals surface area (Å²) in [5.74, 6) is -0.145. The number of halogens is 4. The number of nitrogens with one attached hydrogen (secondary N) is 1. The quantitative estimate of drug-likeness (QED) is 0.212. The normalized spacial score (nSPS) is 17.8. The first kappa shape index (κ1) is 33.1. The molecule has 0 radical (unpaired) electrons. The maximum Gasteiger partial charge on any atom is 0.416 e. The fraction of sp³-hybridized carbons (Fsp3) is 0.414. The second-order valence-corrected chi connectivity index (χ2v) is 12.3. The molecule has 2 N–H and O–H groups in total. The first-order valence-electron chi connectivity index (χ1n) is 13.8. The molecule has 1 aliphatic heterocycles. The number of amides is 1. The van der Waals surface area contributed by atoms with Gasteiger partial charge in [-0.25, -0.2) is 22.8 Å². The van der Waals surface area contributed by atoms with E-state index >= 15 is 0 Å². The molecule has 0 unspecified atom stereocenters. The van der Waals surface area contributed by atoms with E-state index < -0.39 is 52.9 Å². The number of aliphatic hydroxyl groups excluding tert-OH is 1. The highest BCUT2D eigenvalue weighted by Crippen LogP contribution is 2.32. The van der Waals surface area contributed by atoms with E-state index in [-0.39, 0.29) is 53.7 Å². The average molecular weight is 641 g/mol. The molecule has 0 aliphatic carbocycles. The molecule has 3 aromatic rings. The summed E-state index contributed by atoms with van der Waals surface area (Å²) < 4.78 is 86.8. The van der Waals surface area contributed by atoms with Gasteiger partial charge >= 0.3 is 6.18 Å². The van der Waals surface area contributed by atoms with Crippen LogP contribution in [0.2, 0.25) is 0 Å². The molecule has 2 aromatic carbocycles. The molecule has 10 nitrogen and oxygen atoms in total. The number of carbonyl (C=O) groups is 1. The van der Waals surface area contributed by atoms with Crippen molar-refractivity contribution in [2.45, 2.75) is 42.6 Å². The van der Waals surface area contributed by atoms with E-state index in [1.165, 1.54) is 55.7 Å². The Balaban J connectivity index is 1.43. The van der Waals surface area contributed by atoms with Gasteiger partial charge in [-0.15, -0.1) is 0 Å². The fourth-order valence-electron chi connectivity index (χ4n) is 4.69. The summed E-state index contributed by atoms with van der Waals surface area (Å²) in [6.45, 7) is 0.686. The second kappa shape index (κ2) is 14.3. The Labute approximate surface area is 252 Å². The van der Waals surface area contributed by atoms with Crippen molar-refractivity contribution in [3.05, 3.63) is 77.6 Å². The van der Waals surface area contributed by atoms with Crippen molar-refractivity contribution < 1.29 is 45.4 Å². The number of hydrogen-bond donors (Lipinski definition) is 2. The van der Waals surface area contributed by atoms with Crippen LogP contribution in [0.25, 0.3) is 0 Å². The Morgan fingerprint density at radius 2 is 1.77 bits per heavy atom. The highest BCUT2D eigenvalue weighted by atomic mass is 32.2. The molecular formula is C29H32F4N4O6S. The number of anilines is 1. The van der Waals surface area contributed by atoms with E-state index in [1.807, 2.05) is 0 Å². The Bertz CT molecular complexity index is 1490. The SMILES string of the molecule is CCS(=O)(=O)c1ccc([C@H](CO)NC(=O)c2cnc(N3C[C@H](Oc4ccc(C(F)(F)F)cc4)C[C@H]3COCCF)nc2)cc1. The van der Waals surface area contributed by atoms with Crippen LogP contribution in [-0.2, 0) is 20.8 Å². The Hall–Kier alpha value is -3.82. The first-order valence-corrected chi connectivity index (χ1v) is 15.4. The Morgan fingerprint density at radius 1 is 1.11 bits per heavy atom. The highest BCUT2D eigenvalue weighted by Gasteiger charge is 2.36. The van der Waals surface area contributed by atoms with Crippen molar-refractivity contribution in [3.63, 3.8) is 0 Å². The molecule has 1 saturated heterocycles. The predicted molar refractivity (Wildman–Crippen MR) is 152 cm³/mol. The van der Waals surface area contributed by atoms with Gasteiger partial charge in [0, 0.05) is 18.8 Å². The number of hydrogen-bond acceptors (Lipinski definition) is 9. The number of alkyl halides is 4. The van der Waals surface area contributed by atoms with Gasteiger partial charge in [0.2, 0.25) is 5.95 Å². The lowest BCUT2D eigenvalue weighted by Crippen LogP contribution is -2.35. The molecule has 0 saturated carbocycles. The van der Waals surface area contributed by atoms with Gasteiger partial charge in [0.25, 0.3) is 5.91 Å². The average Bonchev–Trinajstić information content (AvgIpc) is 3.42. The smallest absolute Gasteiger partial charge is 0.416 e. The number of benzene rings is 2. The molecule has 4 rings (SSSR count). The van der Waals surface area contributed by atoms with Gasteiger partial charge in [0.05, 0.1) is 60.2 Å². The fourth-order valence-corrected chi connectivity index (χ4v) is 5.57.